The zero-order valence-electron chi connectivity index (χ0n) is 27.0. The summed E-state index contributed by atoms with van der Waals surface area (Å²) in [6.07, 6.45) is 4.61. The smallest absolute Gasteiger partial charge is 0.0462 e. The monoisotopic (exact) mass is 909 g/mol. The van der Waals surface area contributed by atoms with E-state index >= 15 is 0 Å². The highest BCUT2D eigenvalue weighted by molar-refractivity contribution is 9.13. The first-order valence-corrected chi connectivity index (χ1v) is 19.8. The van der Waals surface area contributed by atoms with Crippen molar-refractivity contribution in [2.75, 3.05) is 4.90 Å². The summed E-state index contributed by atoms with van der Waals surface area (Å²) in [5, 5.41) is 0. The average molecular weight is 913 g/mol. The summed E-state index contributed by atoms with van der Waals surface area (Å²) in [7, 11) is 0. The van der Waals surface area contributed by atoms with E-state index in [0.29, 0.717) is 0 Å². The number of para-hydroxylation sites is 1. The molecule has 0 atom stereocenters. The molecule has 0 radical (unpaired) electrons. The number of hydrogen-bond acceptors (Lipinski definition) is 1. The molecule has 9 rings (SSSR count). The molecule has 2 aliphatic rings. The van der Waals surface area contributed by atoms with Gasteiger partial charge in [0.25, 0.3) is 0 Å². The topological polar surface area (TPSA) is 3.24 Å². The first-order valence-electron chi connectivity index (χ1n) is 16.6. The predicted molar refractivity (Wildman–Crippen MR) is 230 cm³/mol. The predicted octanol–water partition coefficient (Wildman–Crippen LogP) is 15.3. The largest absolute Gasteiger partial charge is 0.311 e. The van der Waals surface area contributed by atoms with Gasteiger partial charge >= 0.3 is 0 Å². The minimum absolute atomic E-state index is 1.05. The average Bonchev–Trinajstić information content (AvgIpc) is 3.63. The molecule has 0 amide bonds. The minimum atomic E-state index is 1.05. The third-order valence-electron chi connectivity index (χ3n) is 9.64. The van der Waals surface area contributed by atoms with Crippen molar-refractivity contribution in [1.29, 1.82) is 0 Å². The second-order valence-electron chi connectivity index (χ2n) is 12.7. The van der Waals surface area contributed by atoms with Crippen LogP contribution in [0, 0.1) is 0 Å². The van der Waals surface area contributed by atoms with Crippen LogP contribution in [-0.2, 0) is 0 Å². The Hall–Kier alpha value is -4.26. The van der Waals surface area contributed by atoms with Crippen molar-refractivity contribution in [2.45, 2.75) is 0 Å². The van der Waals surface area contributed by atoms with Crippen LogP contribution in [0.15, 0.2) is 170 Å². The Balaban J connectivity index is 1.08. The Labute approximate surface area is 331 Å². The Morgan fingerprint density at radius 3 is 1.43 bits per heavy atom. The van der Waals surface area contributed by atoms with Gasteiger partial charge in [0, 0.05) is 40.5 Å². The summed E-state index contributed by atoms with van der Waals surface area (Å²) >= 11 is 15.0. The van der Waals surface area contributed by atoms with Crippen molar-refractivity contribution in [1.82, 2.24) is 0 Å². The maximum absolute atomic E-state index is 3.87. The molecule has 0 heterocycles. The number of anilines is 3. The second kappa shape index (κ2) is 13.4. The molecule has 0 aromatic heterocycles. The van der Waals surface area contributed by atoms with Crippen LogP contribution < -0.4 is 4.90 Å². The Kier molecular flexibility index (Phi) is 8.56. The molecule has 0 bridgehead atoms. The van der Waals surface area contributed by atoms with Gasteiger partial charge in [-0.1, -0.05) is 117 Å². The van der Waals surface area contributed by atoms with E-state index < -0.39 is 0 Å². The number of rotatable bonds is 5. The van der Waals surface area contributed by atoms with Crippen LogP contribution in [0.25, 0.3) is 45.6 Å². The summed E-state index contributed by atoms with van der Waals surface area (Å²) in [6, 6.07) is 54.4. The molecule has 0 aliphatic heterocycles. The number of halogens is 4. The Morgan fingerprint density at radius 1 is 0.373 bits per heavy atom. The van der Waals surface area contributed by atoms with E-state index in [-0.39, 0.29) is 0 Å². The van der Waals surface area contributed by atoms with Crippen LogP contribution in [0.3, 0.4) is 0 Å². The summed E-state index contributed by atoms with van der Waals surface area (Å²) < 4.78 is 4.29. The van der Waals surface area contributed by atoms with Gasteiger partial charge in [0.1, 0.15) is 0 Å². The Morgan fingerprint density at radius 2 is 0.843 bits per heavy atom. The number of fused-ring (bicyclic) bond motifs is 6. The van der Waals surface area contributed by atoms with Gasteiger partial charge in [0.05, 0.1) is 0 Å². The zero-order valence-corrected chi connectivity index (χ0v) is 33.4. The van der Waals surface area contributed by atoms with E-state index in [2.05, 4.69) is 232 Å². The molecule has 0 unspecified atom stereocenters. The molecule has 0 N–H and O–H groups in total. The molecule has 0 saturated heterocycles. The van der Waals surface area contributed by atoms with Crippen LogP contribution in [-0.4, -0.2) is 0 Å². The molecule has 7 aromatic carbocycles. The molecule has 1 nitrogen and oxygen atoms in total. The summed E-state index contributed by atoms with van der Waals surface area (Å²) in [5.41, 5.74) is 18.0. The lowest BCUT2D eigenvalue weighted by molar-refractivity contribution is 1.28. The van der Waals surface area contributed by atoms with Crippen LogP contribution in [0.5, 0.6) is 0 Å². The number of hydrogen-bond donors (Lipinski definition) is 0. The third-order valence-corrected chi connectivity index (χ3v) is 12.6. The SMILES string of the molecule is Brc1ccc2c(c1)C(=Cc1ccc(N(c3ccccc3)c3ccc(C=C4c5ccccc5-c5ccc(Br)c(Br)c54)cc3)cc1)c1cc(Br)ccc1-2. The lowest BCUT2D eigenvalue weighted by atomic mass is 10.0. The molecule has 0 saturated carbocycles. The fourth-order valence-corrected chi connectivity index (χ4v) is 8.93. The molecule has 0 fully saturated rings. The molecule has 0 spiro atoms. The standard InChI is InChI=1S/C46H27Br4N/c47-30-14-20-37-38-21-15-31(48)27-42(38)40(41(37)26-30)24-28-10-16-33(17-11-28)51(32-6-2-1-3-7-32)34-18-12-29(13-19-34)25-43-36-9-5-4-8-35(36)39-22-23-44(49)46(50)45(39)43/h1-27H. The molecule has 244 valence electrons. The summed E-state index contributed by atoms with van der Waals surface area (Å²) in [4.78, 5) is 2.32. The summed E-state index contributed by atoms with van der Waals surface area (Å²) in [6.45, 7) is 0. The molecular weight excluding hydrogens is 886 g/mol. The van der Waals surface area contributed by atoms with Crippen molar-refractivity contribution in [2.24, 2.45) is 0 Å². The van der Waals surface area contributed by atoms with E-state index in [0.717, 1.165) is 46.1 Å². The first-order chi connectivity index (χ1) is 24.9. The third kappa shape index (κ3) is 5.90. The van der Waals surface area contributed by atoms with Crippen molar-refractivity contribution >= 4 is 104 Å². The van der Waals surface area contributed by atoms with Gasteiger partial charge in [-0.15, -0.1) is 0 Å². The molecule has 7 aromatic rings. The lowest BCUT2D eigenvalue weighted by Crippen LogP contribution is -2.09. The highest BCUT2D eigenvalue weighted by Gasteiger charge is 2.27. The second-order valence-corrected chi connectivity index (χ2v) is 16.2. The van der Waals surface area contributed by atoms with E-state index in [4.69, 9.17) is 0 Å². The fraction of sp³-hybridized carbons (Fsp3) is 0. The van der Waals surface area contributed by atoms with Gasteiger partial charge in [0.2, 0.25) is 0 Å². The number of nitrogens with zero attached hydrogens (tertiary/aromatic N) is 1. The van der Waals surface area contributed by atoms with Crippen LogP contribution in [0.1, 0.15) is 33.4 Å². The lowest BCUT2D eigenvalue weighted by Gasteiger charge is -2.25. The van der Waals surface area contributed by atoms with Crippen molar-refractivity contribution in [3.05, 3.63) is 203 Å². The molecular formula is C46H27Br4N. The maximum atomic E-state index is 3.87. The van der Waals surface area contributed by atoms with Gasteiger partial charge in [0.15, 0.2) is 0 Å². The number of benzene rings is 7. The van der Waals surface area contributed by atoms with Crippen LogP contribution >= 0.6 is 63.7 Å². The Bertz CT molecular complexity index is 2500. The van der Waals surface area contributed by atoms with Gasteiger partial charge in [-0.2, -0.15) is 0 Å². The van der Waals surface area contributed by atoms with E-state index in [9.17, 15) is 0 Å². The minimum Gasteiger partial charge on any atom is -0.311 e. The van der Waals surface area contributed by atoms with Crippen molar-refractivity contribution < 1.29 is 0 Å². The maximum Gasteiger partial charge on any atom is 0.0462 e. The highest BCUT2D eigenvalue weighted by atomic mass is 79.9. The van der Waals surface area contributed by atoms with Gasteiger partial charge in [-0.05, 0) is 172 Å². The molecule has 2 aliphatic carbocycles. The van der Waals surface area contributed by atoms with Gasteiger partial charge in [-0.3, -0.25) is 0 Å². The normalized spacial score (nSPS) is 13.1. The highest BCUT2D eigenvalue weighted by Crippen LogP contribution is 2.50. The van der Waals surface area contributed by atoms with Crippen molar-refractivity contribution in [3.63, 3.8) is 0 Å². The van der Waals surface area contributed by atoms with Crippen molar-refractivity contribution in [3.8, 4) is 22.3 Å². The van der Waals surface area contributed by atoms with Gasteiger partial charge in [-0.25, -0.2) is 0 Å². The first kappa shape index (κ1) is 32.6. The quantitative estimate of drug-likeness (QED) is 0.166. The van der Waals surface area contributed by atoms with Crippen LogP contribution in [0.2, 0.25) is 0 Å². The fourth-order valence-electron chi connectivity index (χ4n) is 7.32. The van der Waals surface area contributed by atoms with Gasteiger partial charge < -0.3 is 4.90 Å². The van der Waals surface area contributed by atoms with E-state index in [1.807, 2.05) is 0 Å². The molecule has 5 heteroatoms. The summed E-state index contributed by atoms with van der Waals surface area (Å²) in [5.74, 6) is 0. The van der Waals surface area contributed by atoms with Crippen LogP contribution in [0.4, 0.5) is 17.1 Å². The van der Waals surface area contributed by atoms with E-state index in [1.165, 1.54) is 55.7 Å². The van der Waals surface area contributed by atoms with E-state index in [1.54, 1.807) is 0 Å². The zero-order chi connectivity index (χ0) is 34.6. The molecule has 51 heavy (non-hydrogen) atoms.